The van der Waals surface area contributed by atoms with Gasteiger partial charge >= 0.3 is 5.82 Å². The Hall–Kier alpha value is -2.70. The Kier molecular flexibility index (Phi) is 5.58. The van der Waals surface area contributed by atoms with Crippen LogP contribution in [-0.2, 0) is 16.8 Å². The van der Waals surface area contributed by atoms with E-state index in [1.807, 2.05) is 0 Å². The number of aryl methyl sites for hydroxylation is 2. The molecule has 27 heavy (non-hydrogen) atoms. The summed E-state index contributed by atoms with van der Waals surface area (Å²) in [7, 11) is 0. The van der Waals surface area contributed by atoms with Crippen molar-refractivity contribution in [3.05, 3.63) is 57.5 Å². The van der Waals surface area contributed by atoms with Crippen LogP contribution in [0.2, 0.25) is 0 Å². The van der Waals surface area contributed by atoms with Crippen LogP contribution < -0.4 is 5.32 Å². The van der Waals surface area contributed by atoms with E-state index in [0.717, 1.165) is 25.7 Å². The lowest BCUT2D eigenvalue weighted by molar-refractivity contribution is -0.392. The molecule has 0 atom stereocenters. The molecule has 1 aromatic carbocycles. The van der Waals surface area contributed by atoms with Crippen LogP contribution in [0, 0.1) is 24.0 Å². The maximum absolute atomic E-state index is 12.5. The third kappa shape index (κ3) is 4.18. The number of rotatable bonds is 6. The van der Waals surface area contributed by atoms with Gasteiger partial charge in [0.2, 0.25) is 0 Å². The van der Waals surface area contributed by atoms with Gasteiger partial charge in [-0.15, -0.1) is 0 Å². The van der Waals surface area contributed by atoms with E-state index < -0.39 is 4.92 Å². The summed E-state index contributed by atoms with van der Waals surface area (Å²) in [4.78, 5) is 27.1. The zero-order valence-electron chi connectivity index (χ0n) is 15.9. The van der Waals surface area contributed by atoms with Crippen molar-refractivity contribution in [1.82, 2.24) is 14.9 Å². The Bertz CT molecular complexity index is 838. The summed E-state index contributed by atoms with van der Waals surface area (Å²) >= 11 is 0. The highest BCUT2D eigenvalue weighted by molar-refractivity contribution is 5.76. The second kappa shape index (κ2) is 7.90. The Balaban J connectivity index is 1.73. The Labute approximate surface area is 159 Å². The van der Waals surface area contributed by atoms with Crippen molar-refractivity contribution in [3.8, 4) is 0 Å². The van der Waals surface area contributed by atoms with Crippen LogP contribution in [0.5, 0.6) is 0 Å². The highest BCUT2D eigenvalue weighted by Gasteiger charge is 2.34. The van der Waals surface area contributed by atoms with Crippen LogP contribution in [0.3, 0.4) is 0 Å². The van der Waals surface area contributed by atoms with Gasteiger partial charge in [-0.25, -0.2) is 9.55 Å². The van der Waals surface area contributed by atoms with Gasteiger partial charge in [0, 0.05) is 18.9 Å². The average Bonchev–Trinajstić information content (AvgIpc) is 3.01. The van der Waals surface area contributed by atoms with E-state index in [2.05, 4.69) is 41.5 Å². The molecule has 1 amide bonds. The third-order valence-corrected chi connectivity index (χ3v) is 5.59. The van der Waals surface area contributed by atoms with Gasteiger partial charge in [0.05, 0.1) is 0 Å². The maximum Gasteiger partial charge on any atom is 0.343 e. The van der Waals surface area contributed by atoms with Gasteiger partial charge in [0.25, 0.3) is 5.91 Å². The van der Waals surface area contributed by atoms with Crippen LogP contribution in [0.25, 0.3) is 0 Å². The molecule has 1 aliphatic carbocycles. The molecule has 3 rings (SSSR count). The number of hydrogen-bond donors (Lipinski definition) is 1. The summed E-state index contributed by atoms with van der Waals surface area (Å²) in [5.74, 6) is 0.0772. The molecule has 1 heterocycles. The molecule has 7 heteroatoms. The van der Waals surface area contributed by atoms with E-state index in [9.17, 15) is 14.9 Å². The highest BCUT2D eigenvalue weighted by Crippen LogP contribution is 2.39. The van der Waals surface area contributed by atoms with E-state index in [-0.39, 0.29) is 23.7 Å². The summed E-state index contributed by atoms with van der Waals surface area (Å²) in [5, 5.41) is 14.1. The van der Waals surface area contributed by atoms with Crippen molar-refractivity contribution < 1.29 is 9.72 Å². The SMILES string of the molecule is Cc1cccc(C2(CNC(=O)Cn3c([N+](=O)[O-])cnc3C)CCCCC2)c1. The highest BCUT2D eigenvalue weighted by atomic mass is 16.6. The Morgan fingerprint density at radius 2 is 2.04 bits per heavy atom. The van der Waals surface area contributed by atoms with E-state index in [1.54, 1.807) is 6.92 Å². The van der Waals surface area contributed by atoms with Crippen LogP contribution >= 0.6 is 0 Å². The summed E-state index contributed by atoms with van der Waals surface area (Å²) in [5.41, 5.74) is 2.43. The summed E-state index contributed by atoms with van der Waals surface area (Å²) in [6.45, 7) is 4.21. The molecule has 0 saturated heterocycles. The number of hydrogen-bond acceptors (Lipinski definition) is 4. The minimum Gasteiger partial charge on any atom is -0.358 e. The van der Waals surface area contributed by atoms with Crippen LogP contribution in [0.15, 0.2) is 30.5 Å². The Morgan fingerprint density at radius 1 is 1.30 bits per heavy atom. The van der Waals surface area contributed by atoms with Gasteiger partial charge < -0.3 is 15.4 Å². The van der Waals surface area contributed by atoms with Crippen molar-refractivity contribution >= 4 is 11.7 Å². The summed E-state index contributed by atoms with van der Waals surface area (Å²) < 4.78 is 1.34. The molecular weight excluding hydrogens is 344 g/mol. The fourth-order valence-corrected chi connectivity index (χ4v) is 4.04. The third-order valence-electron chi connectivity index (χ3n) is 5.59. The average molecular weight is 370 g/mol. The van der Waals surface area contributed by atoms with Gasteiger partial charge in [0.1, 0.15) is 6.20 Å². The van der Waals surface area contributed by atoms with Crippen molar-refractivity contribution in [3.63, 3.8) is 0 Å². The second-order valence-corrected chi connectivity index (χ2v) is 7.49. The minimum atomic E-state index is -0.511. The van der Waals surface area contributed by atoms with Crippen LogP contribution in [0.4, 0.5) is 5.82 Å². The number of carbonyl (C=O) groups excluding carboxylic acids is 1. The lowest BCUT2D eigenvalue weighted by Gasteiger charge is -2.38. The Morgan fingerprint density at radius 3 is 2.70 bits per heavy atom. The molecule has 0 radical (unpaired) electrons. The van der Waals surface area contributed by atoms with E-state index in [1.165, 1.54) is 28.3 Å². The van der Waals surface area contributed by atoms with E-state index >= 15 is 0 Å². The monoisotopic (exact) mass is 370 g/mol. The molecule has 1 aliphatic rings. The number of carbonyl (C=O) groups is 1. The van der Waals surface area contributed by atoms with Gasteiger partial charge in [0.15, 0.2) is 12.4 Å². The first-order valence-corrected chi connectivity index (χ1v) is 9.42. The second-order valence-electron chi connectivity index (χ2n) is 7.49. The lowest BCUT2D eigenvalue weighted by Crippen LogP contribution is -2.43. The molecule has 7 nitrogen and oxygen atoms in total. The van der Waals surface area contributed by atoms with E-state index in [0.29, 0.717) is 12.4 Å². The van der Waals surface area contributed by atoms with Crippen molar-refractivity contribution in [2.24, 2.45) is 0 Å². The zero-order valence-corrected chi connectivity index (χ0v) is 15.9. The van der Waals surface area contributed by atoms with Gasteiger partial charge in [-0.05, 0) is 30.3 Å². The van der Waals surface area contributed by atoms with Gasteiger partial charge in [-0.2, -0.15) is 0 Å². The predicted octanol–water partition coefficient (Wildman–Crippen LogP) is 3.43. The molecule has 1 saturated carbocycles. The lowest BCUT2D eigenvalue weighted by atomic mass is 9.69. The van der Waals surface area contributed by atoms with Crippen LogP contribution in [0.1, 0.15) is 49.1 Å². The standard InChI is InChI=1S/C20H26N4O3/c1-15-7-6-8-17(11-15)20(9-4-3-5-10-20)14-22-18(25)13-23-16(2)21-12-19(23)24(26)27/h6-8,11-12H,3-5,9-10,13-14H2,1-2H3,(H,22,25). The predicted molar refractivity (Wildman–Crippen MR) is 103 cm³/mol. The fourth-order valence-electron chi connectivity index (χ4n) is 4.04. The molecule has 1 aromatic heterocycles. The fraction of sp³-hybridized carbons (Fsp3) is 0.500. The molecular formula is C20H26N4O3. The number of imidazole rings is 1. The number of nitrogens with one attached hydrogen (secondary N) is 1. The minimum absolute atomic E-state index is 0.0597. The number of aromatic nitrogens is 2. The molecule has 2 aromatic rings. The van der Waals surface area contributed by atoms with Crippen molar-refractivity contribution in [1.29, 1.82) is 0 Å². The largest absolute Gasteiger partial charge is 0.358 e. The summed E-state index contributed by atoms with van der Waals surface area (Å²) in [6.07, 6.45) is 6.80. The summed E-state index contributed by atoms with van der Waals surface area (Å²) in [6, 6.07) is 8.51. The van der Waals surface area contributed by atoms with E-state index in [4.69, 9.17) is 0 Å². The number of nitrogens with zero attached hydrogens (tertiary/aromatic N) is 3. The normalized spacial score (nSPS) is 16.1. The molecule has 0 aliphatic heterocycles. The first-order valence-electron chi connectivity index (χ1n) is 9.42. The van der Waals surface area contributed by atoms with Crippen LogP contribution in [-0.4, -0.2) is 26.9 Å². The topological polar surface area (TPSA) is 90.1 Å². The van der Waals surface area contributed by atoms with Crippen molar-refractivity contribution in [2.45, 2.75) is 57.9 Å². The maximum atomic E-state index is 12.5. The molecule has 0 bridgehead atoms. The number of nitro groups is 1. The first kappa shape index (κ1) is 19.1. The molecule has 0 spiro atoms. The molecule has 1 fully saturated rings. The smallest absolute Gasteiger partial charge is 0.343 e. The number of amides is 1. The zero-order chi connectivity index (χ0) is 19.4. The van der Waals surface area contributed by atoms with Crippen molar-refractivity contribution in [2.75, 3.05) is 6.54 Å². The first-order chi connectivity index (χ1) is 12.9. The van der Waals surface area contributed by atoms with Gasteiger partial charge in [-0.3, -0.25) is 4.79 Å². The molecule has 0 unspecified atom stereocenters. The molecule has 144 valence electrons. The molecule has 1 N–H and O–H groups in total. The van der Waals surface area contributed by atoms with Gasteiger partial charge in [-0.1, -0.05) is 49.1 Å². The quantitative estimate of drug-likeness (QED) is 0.623. The number of benzene rings is 1.